The van der Waals surface area contributed by atoms with Crippen molar-refractivity contribution in [1.29, 1.82) is 0 Å². The van der Waals surface area contributed by atoms with Gasteiger partial charge in [-0.15, -0.1) is 0 Å². The number of nitro groups is 1. The molecule has 1 amide bonds. The van der Waals surface area contributed by atoms with Crippen LogP contribution in [0.2, 0.25) is 5.15 Å². The van der Waals surface area contributed by atoms with Crippen LogP contribution < -0.4 is 10.1 Å². The highest BCUT2D eigenvalue weighted by Gasteiger charge is 2.18. The number of ether oxygens (including phenoxy) is 1. The van der Waals surface area contributed by atoms with Crippen molar-refractivity contribution in [3.63, 3.8) is 0 Å². The summed E-state index contributed by atoms with van der Waals surface area (Å²) in [7, 11) is 1.33. The number of nitro benzene ring substituents is 1. The second kappa shape index (κ2) is 6.78. The van der Waals surface area contributed by atoms with E-state index in [0.717, 1.165) is 0 Å². The van der Waals surface area contributed by atoms with Gasteiger partial charge in [0.1, 0.15) is 10.8 Å². The van der Waals surface area contributed by atoms with Gasteiger partial charge in [-0.25, -0.2) is 4.98 Å². The number of amides is 1. The van der Waals surface area contributed by atoms with Crippen molar-refractivity contribution >= 4 is 28.8 Å². The van der Waals surface area contributed by atoms with Gasteiger partial charge in [0, 0.05) is 17.8 Å². The topological polar surface area (TPSA) is 98.8 Å². The van der Waals surface area contributed by atoms with Crippen LogP contribution in [0, 0.1) is 10.1 Å². The molecule has 3 aromatic rings. The first-order valence-corrected chi connectivity index (χ1v) is 7.60. The minimum absolute atomic E-state index is 0.0940. The zero-order valence-electron chi connectivity index (χ0n) is 13.1. The summed E-state index contributed by atoms with van der Waals surface area (Å²) in [6.45, 7) is 0.163. The normalized spacial score (nSPS) is 10.6. The molecule has 0 bridgehead atoms. The zero-order valence-corrected chi connectivity index (χ0v) is 13.9. The Kier molecular flexibility index (Phi) is 4.53. The van der Waals surface area contributed by atoms with Crippen molar-refractivity contribution in [3.05, 3.63) is 69.1 Å². The molecule has 1 N–H and O–H groups in total. The highest BCUT2D eigenvalue weighted by Crippen LogP contribution is 2.27. The maximum Gasteiger partial charge on any atom is 0.311 e. The van der Waals surface area contributed by atoms with E-state index in [4.69, 9.17) is 16.3 Å². The predicted octanol–water partition coefficient (Wildman–Crippen LogP) is 2.83. The summed E-state index contributed by atoms with van der Waals surface area (Å²) in [6, 6.07) is 9.33. The Morgan fingerprint density at radius 1 is 1.40 bits per heavy atom. The lowest BCUT2D eigenvalue weighted by Gasteiger charge is -2.05. The lowest BCUT2D eigenvalue weighted by atomic mass is 10.1. The van der Waals surface area contributed by atoms with Crippen molar-refractivity contribution < 1.29 is 14.5 Å². The number of halogens is 1. The zero-order chi connectivity index (χ0) is 18.0. The van der Waals surface area contributed by atoms with Crippen LogP contribution in [0.5, 0.6) is 5.75 Å². The van der Waals surface area contributed by atoms with E-state index in [9.17, 15) is 14.9 Å². The van der Waals surface area contributed by atoms with Crippen molar-refractivity contribution in [2.45, 2.75) is 6.54 Å². The largest absolute Gasteiger partial charge is 0.490 e. The fourth-order valence-corrected chi connectivity index (χ4v) is 2.57. The van der Waals surface area contributed by atoms with Crippen LogP contribution in [0.25, 0.3) is 5.65 Å². The number of imidazole rings is 1. The average molecular weight is 361 g/mol. The molecule has 0 aliphatic heterocycles. The summed E-state index contributed by atoms with van der Waals surface area (Å²) < 4.78 is 6.61. The Balaban J connectivity index is 1.76. The standard InChI is InChI=1S/C16H13ClN4O4/c1-25-13-6-5-10(7-12(13)21(23)24)16(22)18-8-11-9-20-14(17)3-2-4-15(20)19-11/h2-7,9H,8H2,1H3,(H,18,22). The number of methoxy groups -OCH3 is 1. The summed E-state index contributed by atoms with van der Waals surface area (Å²) in [5.41, 5.74) is 1.17. The highest BCUT2D eigenvalue weighted by molar-refractivity contribution is 6.29. The average Bonchev–Trinajstić information content (AvgIpc) is 3.03. The number of hydrogen-bond acceptors (Lipinski definition) is 5. The monoisotopic (exact) mass is 360 g/mol. The molecule has 3 rings (SSSR count). The molecule has 0 aliphatic rings. The Bertz CT molecular complexity index is 970. The lowest BCUT2D eigenvalue weighted by molar-refractivity contribution is -0.385. The number of aromatic nitrogens is 2. The molecule has 0 unspecified atom stereocenters. The van der Waals surface area contributed by atoms with E-state index in [-0.39, 0.29) is 23.5 Å². The second-order valence-corrected chi connectivity index (χ2v) is 5.52. The number of pyridine rings is 1. The quantitative estimate of drug-likeness (QED) is 0.428. The summed E-state index contributed by atoms with van der Waals surface area (Å²) in [5, 5.41) is 14.2. The molecular weight excluding hydrogens is 348 g/mol. The third-order valence-electron chi connectivity index (χ3n) is 3.56. The number of nitrogens with one attached hydrogen (secondary N) is 1. The summed E-state index contributed by atoms with van der Waals surface area (Å²) in [6.07, 6.45) is 1.72. The van der Waals surface area contributed by atoms with Crippen molar-refractivity contribution in [1.82, 2.24) is 14.7 Å². The number of rotatable bonds is 5. The number of benzene rings is 1. The van der Waals surface area contributed by atoms with E-state index >= 15 is 0 Å². The van der Waals surface area contributed by atoms with Crippen LogP contribution >= 0.6 is 11.6 Å². The fourth-order valence-electron chi connectivity index (χ4n) is 2.36. The lowest BCUT2D eigenvalue weighted by Crippen LogP contribution is -2.23. The Hall–Kier alpha value is -3.13. The Morgan fingerprint density at radius 2 is 2.20 bits per heavy atom. The molecule has 0 spiro atoms. The van der Waals surface area contributed by atoms with Crippen LogP contribution in [0.4, 0.5) is 5.69 Å². The minimum Gasteiger partial charge on any atom is -0.490 e. The van der Waals surface area contributed by atoms with Gasteiger partial charge in [-0.05, 0) is 24.3 Å². The van der Waals surface area contributed by atoms with Crippen LogP contribution in [0.15, 0.2) is 42.6 Å². The van der Waals surface area contributed by atoms with Crippen LogP contribution in [-0.4, -0.2) is 27.3 Å². The molecule has 2 aromatic heterocycles. The first kappa shape index (κ1) is 16.7. The van der Waals surface area contributed by atoms with Crippen LogP contribution in [0.3, 0.4) is 0 Å². The maximum absolute atomic E-state index is 12.2. The third-order valence-corrected chi connectivity index (χ3v) is 3.87. The minimum atomic E-state index is -0.597. The number of fused-ring (bicyclic) bond motifs is 1. The van der Waals surface area contributed by atoms with Gasteiger partial charge < -0.3 is 10.1 Å². The van der Waals surface area contributed by atoms with Crippen LogP contribution in [-0.2, 0) is 6.54 Å². The molecular formula is C16H13ClN4O4. The van der Waals surface area contributed by atoms with Crippen LogP contribution in [0.1, 0.15) is 16.1 Å². The second-order valence-electron chi connectivity index (χ2n) is 5.14. The number of carbonyl (C=O) groups is 1. The molecule has 2 heterocycles. The molecule has 0 saturated carbocycles. The van der Waals surface area contributed by atoms with Gasteiger partial charge in [0.2, 0.25) is 0 Å². The van der Waals surface area contributed by atoms with E-state index in [2.05, 4.69) is 10.3 Å². The van der Waals surface area contributed by atoms with Gasteiger partial charge in [-0.1, -0.05) is 17.7 Å². The molecule has 0 aliphatic carbocycles. The molecule has 0 atom stereocenters. The Labute approximate surface area is 147 Å². The van der Waals surface area contributed by atoms with Crippen molar-refractivity contribution in [2.24, 2.45) is 0 Å². The van der Waals surface area contributed by atoms with E-state index in [0.29, 0.717) is 16.5 Å². The molecule has 25 heavy (non-hydrogen) atoms. The predicted molar refractivity (Wildman–Crippen MR) is 91.0 cm³/mol. The number of nitrogens with zero attached hydrogens (tertiary/aromatic N) is 3. The summed E-state index contributed by atoms with van der Waals surface area (Å²) in [5.74, 6) is -0.356. The van der Waals surface area contributed by atoms with Gasteiger partial charge >= 0.3 is 5.69 Å². The van der Waals surface area contributed by atoms with Gasteiger partial charge in [0.25, 0.3) is 5.91 Å². The molecule has 8 nitrogen and oxygen atoms in total. The van der Waals surface area contributed by atoms with Gasteiger partial charge in [0.05, 0.1) is 24.3 Å². The van der Waals surface area contributed by atoms with Crippen molar-refractivity contribution in [3.8, 4) is 5.75 Å². The Morgan fingerprint density at radius 3 is 2.88 bits per heavy atom. The van der Waals surface area contributed by atoms with Gasteiger partial charge in [-0.2, -0.15) is 0 Å². The molecule has 0 saturated heterocycles. The maximum atomic E-state index is 12.2. The molecule has 1 aromatic carbocycles. The fraction of sp³-hybridized carbons (Fsp3) is 0.125. The highest BCUT2D eigenvalue weighted by atomic mass is 35.5. The van der Waals surface area contributed by atoms with E-state index in [1.807, 2.05) is 0 Å². The third kappa shape index (κ3) is 3.38. The van der Waals surface area contributed by atoms with E-state index in [1.54, 1.807) is 28.8 Å². The summed E-state index contributed by atoms with van der Waals surface area (Å²) >= 11 is 6.06. The first-order chi connectivity index (χ1) is 12.0. The molecule has 128 valence electrons. The molecule has 0 fully saturated rings. The number of hydrogen-bond donors (Lipinski definition) is 1. The van der Waals surface area contributed by atoms with E-state index in [1.165, 1.54) is 25.3 Å². The number of carbonyl (C=O) groups excluding carboxylic acids is 1. The molecule has 9 heteroatoms. The SMILES string of the molecule is COc1ccc(C(=O)NCc2cn3c(Cl)cccc3n2)cc1[N+](=O)[O-]. The summed E-state index contributed by atoms with van der Waals surface area (Å²) in [4.78, 5) is 27.0. The van der Waals surface area contributed by atoms with Gasteiger partial charge in [-0.3, -0.25) is 19.3 Å². The molecule has 0 radical (unpaired) electrons. The van der Waals surface area contributed by atoms with E-state index < -0.39 is 10.8 Å². The van der Waals surface area contributed by atoms with Gasteiger partial charge in [0.15, 0.2) is 5.75 Å². The first-order valence-electron chi connectivity index (χ1n) is 7.22. The van der Waals surface area contributed by atoms with Crippen molar-refractivity contribution in [2.75, 3.05) is 7.11 Å². The smallest absolute Gasteiger partial charge is 0.311 e.